The maximum Gasteiger partial charge on any atom is 0.261 e. The van der Waals surface area contributed by atoms with Crippen molar-refractivity contribution < 1.29 is 13.2 Å². The molecule has 0 unspecified atom stereocenters. The molecule has 1 saturated heterocycles. The summed E-state index contributed by atoms with van der Waals surface area (Å²) in [5.41, 5.74) is 1.01. The first-order valence-electron chi connectivity index (χ1n) is 9.11. The second-order valence-corrected chi connectivity index (χ2v) is 8.47. The minimum atomic E-state index is -3.63. The van der Waals surface area contributed by atoms with Crippen LogP contribution in [0.2, 0.25) is 0 Å². The fourth-order valence-corrected chi connectivity index (χ4v) is 4.39. The Balaban J connectivity index is 1.63. The Labute approximate surface area is 160 Å². The topological polar surface area (TPSA) is 78.5 Å². The van der Waals surface area contributed by atoms with Crippen molar-refractivity contribution in [3.63, 3.8) is 0 Å². The van der Waals surface area contributed by atoms with Gasteiger partial charge in [0.25, 0.3) is 15.9 Å². The molecule has 1 aliphatic heterocycles. The Morgan fingerprint density at radius 1 is 1.04 bits per heavy atom. The van der Waals surface area contributed by atoms with E-state index in [1.165, 1.54) is 12.1 Å². The van der Waals surface area contributed by atoms with Gasteiger partial charge >= 0.3 is 0 Å². The minimum Gasteiger partial charge on any atom is -0.339 e. The number of hydrogen-bond donors (Lipinski definition) is 2. The van der Waals surface area contributed by atoms with E-state index in [9.17, 15) is 13.2 Å². The van der Waals surface area contributed by atoms with E-state index in [1.807, 2.05) is 11.9 Å². The van der Waals surface area contributed by atoms with Crippen molar-refractivity contribution in [2.45, 2.75) is 17.7 Å². The number of sulfonamides is 1. The van der Waals surface area contributed by atoms with Crippen LogP contribution < -0.4 is 10.0 Å². The Bertz CT molecular complexity index is 859. The summed E-state index contributed by atoms with van der Waals surface area (Å²) in [4.78, 5) is 14.7. The van der Waals surface area contributed by atoms with Gasteiger partial charge in [0.05, 0.1) is 4.90 Å². The number of amides is 1. The summed E-state index contributed by atoms with van der Waals surface area (Å²) in [6, 6.07) is 14.8. The lowest BCUT2D eigenvalue weighted by molar-refractivity contribution is 0.0691. The molecule has 7 heteroatoms. The van der Waals surface area contributed by atoms with E-state index in [1.54, 1.807) is 42.5 Å². The molecule has 0 spiro atoms. The number of likely N-dealkylation sites (tertiary alicyclic amines) is 1. The highest BCUT2D eigenvalue weighted by molar-refractivity contribution is 7.92. The number of carbonyl (C=O) groups is 1. The largest absolute Gasteiger partial charge is 0.339 e. The molecule has 144 valence electrons. The average Bonchev–Trinajstić information content (AvgIpc) is 2.69. The molecule has 1 fully saturated rings. The molecule has 0 aliphatic carbocycles. The van der Waals surface area contributed by atoms with Crippen molar-refractivity contribution in [2.24, 2.45) is 5.92 Å². The van der Waals surface area contributed by atoms with Crippen LogP contribution in [0.3, 0.4) is 0 Å². The van der Waals surface area contributed by atoms with E-state index in [-0.39, 0.29) is 10.8 Å². The van der Waals surface area contributed by atoms with Crippen LogP contribution in [0.25, 0.3) is 0 Å². The highest BCUT2D eigenvalue weighted by atomic mass is 32.2. The molecule has 27 heavy (non-hydrogen) atoms. The lowest BCUT2D eigenvalue weighted by atomic mass is 9.96. The highest BCUT2D eigenvalue weighted by Gasteiger charge is 2.23. The third kappa shape index (κ3) is 4.87. The number of nitrogens with zero attached hydrogens (tertiary/aromatic N) is 1. The van der Waals surface area contributed by atoms with Crippen LogP contribution in [0.4, 0.5) is 5.69 Å². The summed E-state index contributed by atoms with van der Waals surface area (Å²) in [5, 5.41) is 3.19. The monoisotopic (exact) mass is 387 g/mol. The van der Waals surface area contributed by atoms with E-state index in [0.29, 0.717) is 17.2 Å². The number of carbonyl (C=O) groups excluding carboxylic acids is 1. The predicted octanol–water partition coefficient (Wildman–Crippen LogP) is 2.56. The van der Waals surface area contributed by atoms with Crippen molar-refractivity contribution in [3.05, 3.63) is 60.2 Å². The summed E-state index contributed by atoms with van der Waals surface area (Å²) in [7, 11) is -1.68. The predicted molar refractivity (Wildman–Crippen MR) is 106 cm³/mol. The number of anilines is 1. The number of benzene rings is 2. The summed E-state index contributed by atoms with van der Waals surface area (Å²) in [5.74, 6) is 0.615. The Morgan fingerprint density at radius 2 is 1.67 bits per heavy atom. The first-order valence-corrected chi connectivity index (χ1v) is 10.6. The van der Waals surface area contributed by atoms with Crippen LogP contribution in [0.5, 0.6) is 0 Å². The van der Waals surface area contributed by atoms with Crippen LogP contribution in [0.1, 0.15) is 23.2 Å². The zero-order valence-electron chi connectivity index (χ0n) is 15.4. The van der Waals surface area contributed by atoms with Crippen LogP contribution in [0.15, 0.2) is 59.5 Å². The summed E-state index contributed by atoms with van der Waals surface area (Å²) >= 11 is 0. The van der Waals surface area contributed by atoms with Gasteiger partial charge in [-0.25, -0.2) is 8.42 Å². The molecule has 0 radical (unpaired) electrons. The van der Waals surface area contributed by atoms with Gasteiger partial charge in [-0.15, -0.1) is 0 Å². The van der Waals surface area contributed by atoms with Gasteiger partial charge in [0, 0.05) is 24.3 Å². The van der Waals surface area contributed by atoms with Gasteiger partial charge in [0.2, 0.25) is 0 Å². The SMILES string of the molecule is CNCC1CCN(C(=O)c2ccc(NS(=O)(=O)c3ccccc3)cc2)CC1. The Morgan fingerprint density at radius 3 is 2.26 bits per heavy atom. The smallest absolute Gasteiger partial charge is 0.261 e. The van der Waals surface area contributed by atoms with Gasteiger partial charge < -0.3 is 10.2 Å². The van der Waals surface area contributed by atoms with Crippen LogP contribution in [-0.2, 0) is 10.0 Å². The van der Waals surface area contributed by atoms with Gasteiger partial charge in [-0.2, -0.15) is 0 Å². The molecule has 0 bridgehead atoms. The molecule has 2 aromatic rings. The standard InChI is InChI=1S/C20H25N3O3S/c1-21-15-16-11-13-23(14-12-16)20(24)17-7-9-18(10-8-17)22-27(25,26)19-5-3-2-4-6-19/h2-10,16,21-22H,11-15H2,1H3. The number of rotatable bonds is 6. The maximum atomic E-state index is 12.7. The van der Waals surface area contributed by atoms with E-state index in [2.05, 4.69) is 10.0 Å². The first kappa shape index (κ1) is 19.4. The summed E-state index contributed by atoms with van der Waals surface area (Å²) < 4.78 is 27.3. The molecule has 0 saturated carbocycles. The second kappa shape index (κ2) is 8.54. The zero-order chi connectivity index (χ0) is 19.3. The lowest BCUT2D eigenvalue weighted by Crippen LogP contribution is -2.40. The van der Waals surface area contributed by atoms with Crippen LogP contribution >= 0.6 is 0 Å². The van der Waals surface area contributed by atoms with Crippen molar-refractivity contribution in [1.29, 1.82) is 0 Å². The lowest BCUT2D eigenvalue weighted by Gasteiger charge is -2.32. The average molecular weight is 388 g/mol. The molecule has 6 nitrogen and oxygen atoms in total. The first-order chi connectivity index (χ1) is 13.0. The molecular formula is C20H25N3O3S. The van der Waals surface area contributed by atoms with Crippen molar-refractivity contribution in [2.75, 3.05) is 31.4 Å². The van der Waals surface area contributed by atoms with E-state index in [0.717, 1.165) is 32.5 Å². The van der Waals surface area contributed by atoms with E-state index >= 15 is 0 Å². The fourth-order valence-electron chi connectivity index (χ4n) is 3.31. The number of hydrogen-bond acceptors (Lipinski definition) is 4. The van der Waals surface area contributed by atoms with Crippen molar-refractivity contribution in [1.82, 2.24) is 10.2 Å². The molecule has 1 amide bonds. The van der Waals surface area contributed by atoms with Gasteiger partial charge in [-0.05, 0) is 68.8 Å². The normalized spacial score (nSPS) is 15.5. The zero-order valence-corrected chi connectivity index (χ0v) is 16.2. The second-order valence-electron chi connectivity index (χ2n) is 6.79. The highest BCUT2D eigenvalue weighted by Crippen LogP contribution is 2.20. The van der Waals surface area contributed by atoms with Gasteiger partial charge in [0.1, 0.15) is 0 Å². The third-order valence-electron chi connectivity index (χ3n) is 4.83. The molecule has 3 rings (SSSR count). The van der Waals surface area contributed by atoms with Crippen LogP contribution in [-0.4, -0.2) is 45.9 Å². The van der Waals surface area contributed by atoms with Gasteiger partial charge in [-0.1, -0.05) is 18.2 Å². The summed E-state index contributed by atoms with van der Waals surface area (Å²) in [6.07, 6.45) is 2.00. The molecular weight excluding hydrogens is 362 g/mol. The van der Waals surface area contributed by atoms with Crippen molar-refractivity contribution in [3.8, 4) is 0 Å². The summed E-state index contributed by atoms with van der Waals surface area (Å²) in [6.45, 7) is 2.50. The Hall–Kier alpha value is -2.38. The Kier molecular flexibility index (Phi) is 6.13. The third-order valence-corrected chi connectivity index (χ3v) is 6.23. The minimum absolute atomic E-state index is 0.00428. The quantitative estimate of drug-likeness (QED) is 0.799. The van der Waals surface area contributed by atoms with Crippen molar-refractivity contribution >= 4 is 21.6 Å². The van der Waals surface area contributed by atoms with Gasteiger partial charge in [0.15, 0.2) is 0 Å². The molecule has 2 aromatic carbocycles. The van der Waals surface area contributed by atoms with E-state index in [4.69, 9.17) is 0 Å². The number of nitrogens with one attached hydrogen (secondary N) is 2. The molecule has 0 atom stereocenters. The fraction of sp³-hybridized carbons (Fsp3) is 0.350. The molecule has 1 aliphatic rings. The van der Waals surface area contributed by atoms with Gasteiger partial charge in [-0.3, -0.25) is 9.52 Å². The molecule has 2 N–H and O–H groups in total. The molecule has 0 aromatic heterocycles. The van der Waals surface area contributed by atoms with Crippen LogP contribution in [0, 0.1) is 5.92 Å². The molecule has 1 heterocycles. The van der Waals surface area contributed by atoms with E-state index < -0.39 is 10.0 Å². The number of piperidine rings is 1. The maximum absolute atomic E-state index is 12.7.